The number of rotatable bonds is 4. The SMILES string of the molecule is CC(Oc1ccccc1F)C(=O)NNC(=O)c1cccs1. The van der Waals surface area contributed by atoms with E-state index in [2.05, 4.69) is 10.9 Å². The van der Waals surface area contributed by atoms with Crippen molar-refractivity contribution in [2.75, 3.05) is 0 Å². The number of nitrogens with one attached hydrogen (secondary N) is 2. The molecule has 1 atom stereocenters. The van der Waals surface area contributed by atoms with Gasteiger partial charge in [0, 0.05) is 0 Å². The lowest BCUT2D eigenvalue weighted by Gasteiger charge is -2.15. The first-order valence-corrected chi connectivity index (χ1v) is 7.01. The van der Waals surface area contributed by atoms with E-state index in [-0.39, 0.29) is 5.75 Å². The van der Waals surface area contributed by atoms with Gasteiger partial charge >= 0.3 is 0 Å². The van der Waals surface area contributed by atoms with Crippen molar-refractivity contribution >= 4 is 23.2 Å². The number of amides is 2. The van der Waals surface area contributed by atoms with Crippen molar-refractivity contribution < 1.29 is 18.7 Å². The van der Waals surface area contributed by atoms with Crippen molar-refractivity contribution in [1.82, 2.24) is 10.9 Å². The number of benzene rings is 1. The van der Waals surface area contributed by atoms with E-state index in [0.717, 1.165) is 0 Å². The topological polar surface area (TPSA) is 67.4 Å². The van der Waals surface area contributed by atoms with Crippen molar-refractivity contribution in [3.05, 3.63) is 52.5 Å². The molecule has 0 bridgehead atoms. The molecule has 0 saturated carbocycles. The number of para-hydroxylation sites is 1. The van der Waals surface area contributed by atoms with E-state index in [0.29, 0.717) is 4.88 Å². The zero-order valence-corrected chi connectivity index (χ0v) is 11.9. The highest BCUT2D eigenvalue weighted by molar-refractivity contribution is 7.12. The fraction of sp³-hybridized carbons (Fsp3) is 0.143. The Balaban J connectivity index is 1.86. The summed E-state index contributed by atoms with van der Waals surface area (Å²) < 4.78 is 18.6. The molecule has 2 aromatic rings. The third-order valence-electron chi connectivity index (χ3n) is 2.55. The van der Waals surface area contributed by atoms with Crippen LogP contribution in [0.1, 0.15) is 16.6 Å². The molecule has 1 aromatic heterocycles. The maximum Gasteiger partial charge on any atom is 0.279 e. The average molecular weight is 308 g/mol. The fourth-order valence-electron chi connectivity index (χ4n) is 1.47. The van der Waals surface area contributed by atoms with Crippen LogP contribution in [0.5, 0.6) is 5.75 Å². The number of thiophene rings is 1. The van der Waals surface area contributed by atoms with Crippen molar-refractivity contribution in [2.24, 2.45) is 0 Å². The normalized spacial score (nSPS) is 11.5. The second-order valence-corrected chi connectivity index (χ2v) is 5.06. The smallest absolute Gasteiger partial charge is 0.279 e. The third-order valence-corrected chi connectivity index (χ3v) is 3.42. The Bertz CT molecular complexity index is 631. The summed E-state index contributed by atoms with van der Waals surface area (Å²) in [6.45, 7) is 1.46. The summed E-state index contributed by atoms with van der Waals surface area (Å²) in [6.07, 6.45) is -0.953. The molecule has 1 unspecified atom stereocenters. The Morgan fingerprint density at radius 3 is 2.62 bits per heavy atom. The zero-order valence-electron chi connectivity index (χ0n) is 11.1. The van der Waals surface area contributed by atoms with E-state index >= 15 is 0 Å². The summed E-state index contributed by atoms with van der Waals surface area (Å²) in [5.74, 6) is -1.58. The Labute approximate surface area is 124 Å². The molecule has 110 valence electrons. The second kappa shape index (κ2) is 6.85. The number of hydrogen-bond donors (Lipinski definition) is 2. The molecular weight excluding hydrogens is 295 g/mol. The Morgan fingerprint density at radius 2 is 1.95 bits per heavy atom. The van der Waals surface area contributed by atoms with E-state index in [1.165, 1.54) is 36.5 Å². The molecule has 2 rings (SSSR count). The monoisotopic (exact) mass is 308 g/mol. The highest BCUT2D eigenvalue weighted by Crippen LogP contribution is 2.16. The molecule has 1 heterocycles. The van der Waals surface area contributed by atoms with Crippen LogP contribution in [0, 0.1) is 5.82 Å². The van der Waals surface area contributed by atoms with Crippen LogP contribution in [0.15, 0.2) is 41.8 Å². The van der Waals surface area contributed by atoms with Gasteiger partial charge < -0.3 is 4.74 Å². The molecule has 21 heavy (non-hydrogen) atoms. The van der Waals surface area contributed by atoms with Crippen LogP contribution in [0.3, 0.4) is 0 Å². The van der Waals surface area contributed by atoms with Gasteiger partial charge in [-0.2, -0.15) is 0 Å². The van der Waals surface area contributed by atoms with Crippen molar-refractivity contribution in [3.8, 4) is 5.75 Å². The lowest BCUT2D eigenvalue weighted by molar-refractivity contribution is -0.128. The fourth-order valence-corrected chi connectivity index (χ4v) is 2.09. The largest absolute Gasteiger partial charge is 0.478 e. The molecule has 0 radical (unpaired) electrons. The van der Waals surface area contributed by atoms with Gasteiger partial charge in [0.15, 0.2) is 17.7 Å². The van der Waals surface area contributed by atoms with Gasteiger partial charge in [-0.15, -0.1) is 11.3 Å². The van der Waals surface area contributed by atoms with Gasteiger partial charge in [0.1, 0.15) is 0 Å². The summed E-state index contributed by atoms with van der Waals surface area (Å²) >= 11 is 1.25. The molecule has 0 aliphatic heterocycles. The van der Waals surface area contributed by atoms with Crippen LogP contribution in [-0.2, 0) is 4.79 Å². The Kier molecular flexibility index (Phi) is 4.89. The summed E-state index contributed by atoms with van der Waals surface area (Å²) in [6, 6.07) is 9.13. The maximum absolute atomic E-state index is 13.4. The maximum atomic E-state index is 13.4. The van der Waals surface area contributed by atoms with Crippen molar-refractivity contribution in [2.45, 2.75) is 13.0 Å². The van der Waals surface area contributed by atoms with Crippen LogP contribution in [-0.4, -0.2) is 17.9 Å². The molecule has 0 aliphatic carbocycles. The zero-order chi connectivity index (χ0) is 15.2. The van der Waals surface area contributed by atoms with Crippen LogP contribution in [0.2, 0.25) is 0 Å². The Morgan fingerprint density at radius 1 is 1.19 bits per heavy atom. The van der Waals surface area contributed by atoms with E-state index in [1.807, 2.05) is 0 Å². The van der Waals surface area contributed by atoms with Crippen molar-refractivity contribution in [1.29, 1.82) is 0 Å². The molecule has 0 spiro atoms. The number of hydrazine groups is 1. The third kappa shape index (κ3) is 4.03. The standard InChI is InChI=1S/C14H13FN2O3S/c1-9(20-11-6-3-2-5-10(11)15)13(18)16-17-14(19)12-7-4-8-21-12/h2-9H,1H3,(H,16,18)(H,17,19). The van der Waals surface area contributed by atoms with E-state index in [4.69, 9.17) is 4.74 Å². The van der Waals surface area contributed by atoms with E-state index in [9.17, 15) is 14.0 Å². The van der Waals surface area contributed by atoms with Gasteiger partial charge in [0.05, 0.1) is 4.88 Å². The quantitative estimate of drug-likeness (QED) is 0.850. The first kappa shape index (κ1) is 15.0. The average Bonchev–Trinajstić information content (AvgIpc) is 3.01. The minimum atomic E-state index is -0.953. The molecular formula is C14H13FN2O3S. The first-order valence-electron chi connectivity index (χ1n) is 6.13. The first-order chi connectivity index (χ1) is 10.1. The van der Waals surface area contributed by atoms with Gasteiger partial charge in [-0.05, 0) is 30.5 Å². The summed E-state index contributed by atoms with van der Waals surface area (Å²) in [5.41, 5.74) is 4.50. The summed E-state index contributed by atoms with van der Waals surface area (Å²) in [5, 5.41) is 1.75. The predicted octanol–water partition coefficient (Wildman–Crippen LogP) is 2.12. The molecule has 0 fully saturated rings. The Hall–Kier alpha value is -2.41. The molecule has 2 N–H and O–H groups in total. The lowest BCUT2D eigenvalue weighted by Crippen LogP contribution is -2.47. The number of carbonyl (C=O) groups is 2. The summed E-state index contributed by atoms with van der Waals surface area (Å²) in [4.78, 5) is 23.9. The highest BCUT2D eigenvalue weighted by Gasteiger charge is 2.17. The van der Waals surface area contributed by atoms with Crippen LogP contribution >= 0.6 is 11.3 Å². The molecule has 2 amide bonds. The number of carbonyl (C=O) groups excluding carboxylic acids is 2. The molecule has 5 nitrogen and oxygen atoms in total. The van der Waals surface area contributed by atoms with Crippen LogP contribution in [0.25, 0.3) is 0 Å². The lowest BCUT2D eigenvalue weighted by atomic mass is 10.3. The van der Waals surface area contributed by atoms with E-state index in [1.54, 1.807) is 23.6 Å². The molecule has 1 aromatic carbocycles. The molecule has 7 heteroatoms. The van der Waals surface area contributed by atoms with Gasteiger partial charge in [-0.3, -0.25) is 20.4 Å². The van der Waals surface area contributed by atoms with Gasteiger partial charge in [0.2, 0.25) is 0 Å². The van der Waals surface area contributed by atoms with Crippen LogP contribution < -0.4 is 15.6 Å². The molecule has 0 saturated heterocycles. The summed E-state index contributed by atoms with van der Waals surface area (Å²) in [7, 11) is 0. The van der Waals surface area contributed by atoms with Gasteiger partial charge in [-0.1, -0.05) is 18.2 Å². The van der Waals surface area contributed by atoms with Gasteiger partial charge in [-0.25, -0.2) is 4.39 Å². The van der Waals surface area contributed by atoms with E-state index < -0.39 is 23.7 Å². The predicted molar refractivity (Wildman–Crippen MR) is 76.4 cm³/mol. The van der Waals surface area contributed by atoms with Crippen LogP contribution in [0.4, 0.5) is 4.39 Å². The second-order valence-electron chi connectivity index (χ2n) is 4.11. The van der Waals surface area contributed by atoms with Crippen molar-refractivity contribution in [3.63, 3.8) is 0 Å². The minimum Gasteiger partial charge on any atom is -0.478 e. The number of ether oxygens (including phenoxy) is 1. The molecule has 0 aliphatic rings. The number of halogens is 1. The van der Waals surface area contributed by atoms with Gasteiger partial charge in [0.25, 0.3) is 11.8 Å². The number of hydrogen-bond acceptors (Lipinski definition) is 4. The minimum absolute atomic E-state index is 0.0234. The highest BCUT2D eigenvalue weighted by atomic mass is 32.1.